The highest BCUT2D eigenvalue weighted by Crippen LogP contribution is 2.23. The highest BCUT2D eigenvalue weighted by molar-refractivity contribution is 6.42. The fraction of sp³-hybridized carbons (Fsp3) is 0.545. The van der Waals surface area contributed by atoms with Crippen molar-refractivity contribution in [1.82, 2.24) is 14.7 Å². The summed E-state index contributed by atoms with van der Waals surface area (Å²) < 4.78 is 0. The lowest BCUT2D eigenvalue weighted by molar-refractivity contribution is -0.151. The highest BCUT2D eigenvalue weighted by Gasteiger charge is 2.36. The van der Waals surface area contributed by atoms with Gasteiger partial charge in [0.25, 0.3) is 0 Å². The molecule has 1 aromatic carbocycles. The van der Waals surface area contributed by atoms with Gasteiger partial charge in [-0.2, -0.15) is 0 Å². The van der Waals surface area contributed by atoms with Crippen molar-refractivity contribution in [2.24, 2.45) is 0 Å². The molecular formula is C22H29Cl2N3O3. The molecule has 2 saturated heterocycles. The molecule has 0 aliphatic carbocycles. The summed E-state index contributed by atoms with van der Waals surface area (Å²) in [4.78, 5) is 31.1. The first kappa shape index (κ1) is 23.1. The molecule has 0 spiro atoms. The van der Waals surface area contributed by atoms with E-state index in [4.69, 9.17) is 23.2 Å². The number of nitrogens with zero attached hydrogens (tertiary/aromatic N) is 3. The molecule has 1 N–H and O–H groups in total. The number of hydrogen-bond acceptors (Lipinski definition) is 4. The molecule has 0 saturated carbocycles. The third-order valence-electron chi connectivity index (χ3n) is 5.75. The van der Waals surface area contributed by atoms with Gasteiger partial charge >= 0.3 is 0 Å². The molecule has 1 aromatic rings. The number of aliphatic hydroxyl groups excluding tert-OH is 1. The van der Waals surface area contributed by atoms with E-state index in [1.165, 1.54) is 30.2 Å². The van der Waals surface area contributed by atoms with Crippen molar-refractivity contribution in [3.63, 3.8) is 0 Å². The van der Waals surface area contributed by atoms with Crippen molar-refractivity contribution in [2.45, 2.75) is 31.7 Å². The van der Waals surface area contributed by atoms with Crippen molar-refractivity contribution >= 4 is 41.1 Å². The van der Waals surface area contributed by atoms with Crippen LogP contribution < -0.4 is 0 Å². The maximum atomic E-state index is 12.8. The second-order valence-corrected chi connectivity index (χ2v) is 8.63. The Balaban J connectivity index is 1.54. The topological polar surface area (TPSA) is 64.1 Å². The lowest BCUT2D eigenvalue weighted by Gasteiger charge is -2.39. The smallest absolute Gasteiger partial charge is 0.247 e. The molecule has 1 atom stereocenters. The van der Waals surface area contributed by atoms with Crippen LogP contribution in [0.3, 0.4) is 0 Å². The number of aliphatic hydroxyl groups is 1. The zero-order valence-corrected chi connectivity index (χ0v) is 18.6. The average Bonchev–Trinajstić information content (AvgIpc) is 2.76. The van der Waals surface area contributed by atoms with Crippen LogP contribution in [-0.4, -0.2) is 83.5 Å². The molecule has 2 fully saturated rings. The SMILES string of the molecule is O=C1[C@H](CO)N(C(=O)/C=C/c2ccc(Cl)c(Cl)c2)CCN1CCCN1CCCCC1. The second kappa shape index (κ2) is 11.1. The number of hydrogen-bond donors (Lipinski definition) is 1. The van der Waals surface area contributed by atoms with Gasteiger partial charge in [-0.15, -0.1) is 0 Å². The molecule has 8 heteroatoms. The Kier molecular flexibility index (Phi) is 8.57. The van der Waals surface area contributed by atoms with Crippen LogP contribution >= 0.6 is 23.2 Å². The van der Waals surface area contributed by atoms with Crippen LogP contribution in [0.2, 0.25) is 10.0 Å². The van der Waals surface area contributed by atoms with Crippen LogP contribution in [0.1, 0.15) is 31.2 Å². The van der Waals surface area contributed by atoms with E-state index in [2.05, 4.69) is 4.90 Å². The van der Waals surface area contributed by atoms with Crippen LogP contribution in [0.25, 0.3) is 6.08 Å². The molecule has 0 radical (unpaired) electrons. The van der Waals surface area contributed by atoms with Gasteiger partial charge in [0.2, 0.25) is 11.8 Å². The van der Waals surface area contributed by atoms with E-state index in [-0.39, 0.29) is 18.4 Å². The largest absolute Gasteiger partial charge is 0.394 e. The number of amides is 2. The first-order valence-electron chi connectivity index (χ1n) is 10.6. The third-order valence-corrected chi connectivity index (χ3v) is 6.49. The molecule has 3 rings (SSSR count). The van der Waals surface area contributed by atoms with E-state index in [1.807, 2.05) is 0 Å². The van der Waals surface area contributed by atoms with Crippen LogP contribution in [-0.2, 0) is 9.59 Å². The Morgan fingerprint density at radius 2 is 1.83 bits per heavy atom. The zero-order chi connectivity index (χ0) is 21.5. The number of rotatable bonds is 7. The molecule has 0 aromatic heterocycles. The highest BCUT2D eigenvalue weighted by atomic mass is 35.5. The molecule has 2 amide bonds. The van der Waals surface area contributed by atoms with Crippen molar-refractivity contribution in [2.75, 3.05) is 45.9 Å². The van der Waals surface area contributed by atoms with Gasteiger partial charge < -0.3 is 19.8 Å². The van der Waals surface area contributed by atoms with E-state index >= 15 is 0 Å². The van der Waals surface area contributed by atoms with Gasteiger partial charge in [0.05, 0.1) is 16.7 Å². The average molecular weight is 454 g/mol. The number of halogens is 2. The molecule has 2 heterocycles. The van der Waals surface area contributed by atoms with Crippen molar-refractivity contribution in [3.8, 4) is 0 Å². The van der Waals surface area contributed by atoms with Crippen molar-refractivity contribution in [3.05, 3.63) is 39.9 Å². The van der Waals surface area contributed by atoms with Crippen LogP contribution in [0.5, 0.6) is 0 Å². The van der Waals surface area contributed by atoms with Crippen molar-refractivity contribution < 1.29 is 14.7 Å². The van der Waals surface area contributed by atoms with Gasteiger partial charge in [-0.25, -0.2) is 0 Å². The number of piperazine rings is 1. The minimum absolute atomic E-state index is 0.182. The summed E-state index contributed by atoms with van der Waals surface area (Å²) in [6.07, 6.45) is 7.76. The van der Waals surface area contributed by atoms with Gasteiger partial charge in [-0.3, -0.25) is 9.59 Å². The number of likely N-dealkylation sites (tertiary alicyclic amines) is 1. The molecular weight excluding hydrogens is 425 g/mol. The molecule has 164 valence electrons. The first-order chi connectivity index (χ1) is 14.5. The van der Waals surface area contributed by atoms with Gasteiger partial charge in [-0.05, 0) is 62.7 Å². The summed E-state index contributed by atoms with van der Waals surface area (Å²) in [6, 6.07) is 4.26. The predicted molar refractivity (Wildman–Crippen MR) is 120 cm³/mol. The maximum Gasteiger partial charge on any atom is 0.247 e. The Hall–Kier alpha value is -1.60. The lowest BCUT2D eigenvalue weighted by atomic mass is 10.1. The third kappa shape index (κ3) is 5.97. The predicted octanol–water partition coefficient (Wildman–Crippen LogP) is 2.91. The van der Waals surface area contributed by atoms with E-state index in [0.717, 1.165) is 31.6 Å². The summed E-state index contributed by atoms with van der Waals surface area (Å²) in [5.74, 6) is -0.486. The van der Waals surface area contributed by atoms with E-state index in [1.54, 1.807) is 29.2 Å². The van der Waals surface area contributed by atoms with E-state index in [9.17, 15) is 14.7 Å². The summed E-state index contributed by atoms with van der Waals surface area (Å²) >= 11 is 11.9. The van der Waals surface area contributed by atoms with Gasteiger partial charge in [0.15, 0.2) is 0 Å². The zero-order valence-electron chi connectivity index (χ0n) is 17.1. The van der Waals surface area contributed by atoms with E-state index < -0.39 is 6.04 Å². The number of carbonyl (C=O) groups excluding carboxylic acids is 2. The lowest BCUT2D eigenvalue weighted by Crippen LogP contribution is -2.60. The number of carbonyl (C=O) groups is 2. The summed E-state index contributed by atoms with van der Waals surface area (Å²) in [5, 5.41) is 10.6. The Bertz CT molecular complexity index is 781. The normalized spacial score (nSPS) is 20.9. The maximum absolute atomic E-state index is 12.8. The Morgan fingerprint density at radius 3 is 2.53 bits per heavy atom. The second-order valence-electron chi connectivity index (χ2n) is 7.82. The van der Waals surface area contributed by atoms with E-state index in [0.29, 0.717) is 29.7 Å². The van der Waals surface area contributed by atoms with Gasteiger partial charge in [0, 0.05) is 25.7 Å². The number of benzene rings is 1. The van der Waals surface area contributed by atoms with Gasteiger partial charge in [0.1, 0.15) is 6.04 Å². The Morgan fingerprint density at radius 1 is 1.07 bits per heavy atom. The first-order valence-corrected chi connectivity index (χ1v) is 11.3. The minimum Gasteiger partial charge on any atom is -0.394 e. The monoisotopic (exact) mass is 453 g/mol. The van der Waals surface area contributed by atoms with Crippen LogP contribution in [0.4, 0.5) is 0 Å². The summed E-state index contributed by atoms with van der Waals surface area (Å²) in [7, 11) is 0. The molecule has 30 heavy (non-hydrogen) atoms. The molecule has 6 nitrogen and oxygen atoms in total. The minimum atomic E-state index is -0.834. The molecule has 0 bridgehead atoms. The van der Waals surface area contributed by atoms with Gasteiger partial charge in [-0.1, -0.05) is 35.7 Å². The molecule has 0 unspecified atom stereocenters. The standard InChI is InChI=1S/C22H29Cl2N3O3/c23-18-7-5-17(15-19(18)24)6-8-21(29)27-14-13-26(22(30)20(27)16-28)12-4-11-25-9-2-1-3-10-25/h5-8,15,20,28H,1-4,9-14,16H2/b8-6+/t20-/m0/s1. The quantitative estimate of drug-likeness (QED) is 0.644. The number of piperidine rings is 1. The molecule has 2 aliphatic rings. The van der Waals surface area contributed by atoms with Crippen LogP contribution in [0, 0.1) is 0 Å². The summed E-state index contributed by atoms with van der Waals surface area (Å²) in [6.45, 7) is 4.44. The molecule has 2 aliphatic heterocycles. The fourth-order valence-corrected chi connectivity index (χ4v) is 4.35. The fourth-order valence-electron chi connectivity index (χ4n) is 4.05. The summed E-state index contributed by atoms with van der Waals surface area (Å²) in [5.41, 5.74) is 0.737. The Labute approximate surface area is 188 Å². The van der Waals surface area contributed by atoms with Crippen molar-refractivity contribution in [1.29, 1.82) is 0 Å². The van der Waals surface area contributed by atoms with Crippen LogP contribution in [0.15, 0.2) is 24.3 Å².